The monoisotopic (exact) mass is 257 g/mol. The molecule has 19 heavy (non-hydrogen) atoms. The Morgan fingerprint density at radius 2 is 2.05 bits per heavy atom. The highest BCUT2D eigenvalue weighted by atomic mass is 15.5. The number of hydrogen-bond donors (Lipinski definition) is 1. The van der Waals surface area contributed by atoms with Crippen LogP contribution in [0.15, 0.2) is 24.3 Å². The van der Waals surface area contributed by atoms with Gasteiger partial charge in [-0.1, -0.05) is 18.2 Å². The summed E-state index contributed by atoms with van der Waals surface area (Å²) in [5, 5.41) is 15.6. The molecule has 0 spiro atoms. The first kappa shape index (κ1) is 12.3. The number of nitrogens with one attached hydrogen (secondary N) is 1. The topological polar surface area (TPSA) is 55.6 Å². The summed E-state index contributed by atoms with van der Waals surface area (Å²) in [6.45, 7) is 4.30. The maximum absolute atomic E-state index is 4.21. The van der Waals surface area contributed by atoms with E-state index >= 15 is 0 Å². The molecular formula is C14H19N5. The lowest BCUT2D eigenvalue weighted by molar-refractivity contribution is 0.365. The van der Waals surface area contributed by atoms with Gasteiger partial charge in [0.25, 0.3) is 0 Å². The average molecular weight is 257 g/mol. The van der Waals surface area contributed by atoms with Gasteiger partial charge < -0.3 is 5.32 Å². The van der Waals surface area contributed by atoms with Crippen LogP contribution in [0.4, 0.5) is 0 Å². The van der Waals surface area contributed by atoms with Crippen molar-refractivity contribution < 1.29 is 0 Å². The summed E-state index contributed by atoms with van der Waals surface area (Å²) in [7, 11) is 0. The van der Waals surface area contributed by atoms with Crippen molar-refractivity contribution in [2.45, 2.75) is 26.2 Å². The molecule has 1 aliphatic heterocycles. The molecule has 1 aliphatic rings. The van der Waals surface area contributed by atoms with E-state index in [4.69, 9.17) is 0 Å². The van der Waals surface area contributed by atoms with Crippen LogP contribution in [0.1, 0.15) is 24.2 Å². The first-order valence-corrected chi connectivity index (χ1v) is 6.88. The number of aryl methyl sites for hydroxylation is 1. The van der Waals surface area contributed by atoms with E-state index in [0.29, 0.717) is 5.92 Å². The lowest BCUT2D eigenvalue weighted by Gasteiger charge is -2.21. The van der Waals surface area contributed by atoms with Crippen LogP contribution in [0.3, 0.4) is 0 Å². The fraction of sp³-hybridized carbons (Fsp3) is 0.500. The zero-order valence-corrected chi connectivity index (χ0v) is 11.2. The molecule has 100 valence electrons. The second-order valence-electron chi connectivity index (χ2n) is 5.19. The largest absolute Gasteiger partial charge is 0.317 e. The molecule has 0 unspecified atom stereocenters. The van der Waals surface area contributed by atoms with Gasteiger partial charge in [-0.25, -0.2) is 0 Å². The quantitative estimate of drug-likeness (QED) is 0.905. The molecule has 0 bridgehead atoms. The fourth-order valence-corrected chi connectivity index (χ4v) is 2.67. The number of benzene rings is 1. The zero-order valence-electron chi connectivity index (χ0n) is 11.2. The van der Waals surface area contributed by atoms with Crippen LogP contribution in [-0.2, 0) is 6.42 Å². The first-order valence-electron chi connectivity index (χ1n) is 6.88. The minimum absolute atomic E-state index is 0.690. The number of piperidine rings is 1. The van der Waals surface area contributed by atoms with Gasteiger partial charge >= 0.3 is 0 Å². The van der Waals surface area contributed by atoms with Crippen molar-refractivity contribution in [1.29, 1.82) is 0 Å². The maximum Gasteiger partial charge on any atom is 0.156 e. The van der Waals surface area contributed by atoms with E-state index in [-0.39, 0.29) is 0 Å². The number of tetrazole rings is 1. The van der Waals surface area contributed by atoms with E-state index in [1.165, 1.54) is 18.4 Å². The summed E-state index contributed by atoms with van der Waals surface area (Å²) in [4.78, 5) is 0. The lowest BCUT2D eigenvalue weighted by Crippen LogP contribution is -2.29. The molecule has 1 aromatic carbocycles. The Kier molecular flexibility index (Phi) is 3.55. The Labute approximate surface area is 113 Å². The highest BCUT2D eigenvalue weighted by Crippen LogP contribution is 2.19. The molecule has 1 aromatic heterocycles. The predicted octanol–water partition coefficient (Wildman–Crippen LogP) is 1.51. The van der Waals surface area contributed by atoms with Crippen LogP contribution in [0.2, 0.25) is 0 Å². The van der Waals surface area contributed by atoms with Crippen molar-refractivity contribution in [3.8, 4) is 5.69 Å². The van der Waals surface area contributed by atoms with Crippen LogP contribution in [-0.4, -0.2) is 33.3 Å². The SMILES string of the molecule is Cc1ccccc1-n1nnnc1CC1CCNCC1. The summed E-state index contributed by atoms with van der Waals surface area (Å²) in [5.41, 5.74) is 2.28. The van der Waals surface area contributed by atoms with E-state index < -0.39 is 0 Å². The number of hydrogen-bond acceptors (Lipinski definition) is 4. The van der Waals surface area contributed by atoms with Crippen molar-refractivity contribution in [1.82, 2.24) is 25.5 Å². The summed E-state index contributed by atoms with van der Waals surface area (Å²) in [6, 6.07) is 8.22. The Morgan fingerprint density at radius 1 is 1.26 bits per heavy atom. The lowest BCUT2D eigenvalue weighted by atomic mass is 9.94. The minimum atomic E-state index is 0.690. The Hall–Kier alpha value is -1.75. The van der Waals surface area contributed by atoms with Gasteiger partial charge in [-0.15, -0.1) is 5.10 Å². The predicted molar refractivity (Wildman–Crippen MR) is 73.2 cm³/mol. The zero-order chi connectivity index (χ0) is 13.1. The van der Waals surface area contributed by atoms with E-state index in [1.807, 2.05) is 16.8 Å². The summed E-state index contributed by atoms with van der Waals surface area (Å²) < 4.78 is 1.89. The smallest absolute Gasteiger partial charge is 0.156 e. The van der Waals surface area contributed by atoms with Gasteiger partial charge in [-0.05, 0) is 60.8 Å². The van der Waals surface area contributed by atoms with Gasteiger partial charge in [0, 0.05) is 6.42 Å². The third-order valence-corrected chi connectivity index (χ3v) is 3.81. The molecular weight excluding hydrogens is 238 g/mol. The van der Waals surface area contributed by atoms with Crippen LogP contribution in [0, 0.1) is 12.8 Å². The highest BCUT2D eigenvalue weighted by Gasteiger charge is 2.18. The van der Waals surface area contributed by atoms with Crippen LogP contribution >= 0.6 is 0 Å². The maximum atomic E-state index is 4.21. The molecule has 1 fully saturated rings. The molecule has 5 nitrogen and oxygen atoms in total. The molecule has 0 radical (unpaired) electrons. The van der Waals surface area contributed by atoms with E-state index in [0.717, 1.165) is 31.0 Å². The van der Waals surface area contributed by atoms with Crippen LogP contribution in [0.5, 0.6) is 0 Å². The van der Waals surface area contributed by atoms with Gasteiger partial charge in [0.05, 0.1) is 5.69 Å². The van der Waals surface area contributed by atoms with Crippen molar-refractivity contribution in [3.63, 3.8) is 0 Å². The molecule has 0 atom stereocenters. The van der Waals surface area contributed by atoms with E-state index in [1.54, 1.807) is 0 Å². The Bertz CT molecular complexity index is 542. The molecule has 2 heterocycles. The fourth-order valence-electron chi connectivity index (χ4n) is 2.67. The van der Waals surface area contributed by atoms with Crippen molar-refractivity contribution >= 4 is 0 Å². The molecule has 2 aromatic rings. The normalized spacial score (nSPS) is 16.7. The molecule has 1 saturated heterocycles. The minimum Gasteiger partial charge on any atom is -0.317 e. The summed E-state index contributed by atoms with van der Waals surface area (Å²) in [5.74, 6) is 1.66. The standard InChI is InChI=1S/C14H19N5/c1-11-4-2-3-5-13(11)19-14(16-17-18-19)10-12-6-8-15-9-7-12/h2-5,12,15H,6-10H2,1H3. The molecule has 5 heteroatoms. The van der Waals surface area contributed by atoms with Crippen molar-refractivity contribution in [2.75, 3.05) is 13.1 Å². The highest BCUT2D eigenvalue weighted by molar-refractivity contribution is 5.39. The molecule has 1 N–H and O–H groups in total. The van der Waals surface area contributed by atoms with Gasteiger partial charge in [0.1, 0.15) is 0 Å². The van der Waals surface area contributed by atoms with E-state index in [2.05, 4.69) is 39.9 Å². The second kappa shape index (κ2) is 5.48. The number of para-hydroxylation sites is 1. The molecule has 0 saturated carbocycles. The number of rotatable bonds is 3. The Morgan fingerprint density at radius 3 is 2.84 bits per heavy atom. The number of aromatic nitrogens is 4. The van der Waals surface area contributed by atoms with Crippen LogP contribution < -0.4 is 5.32 Å². The second-order valence-corrected chi connectivity index (χ2v) is 5.19. The average Bonchev–Trinajstić information content (AvgIpc) is 2.88. The third-order valence-electron chi connectivity index (χ3n) is 3.81. The van der Waals surface area contributed by atoms with Crippen LogP contribution in [0.25, 0.3) is 5.69 Å². The van der Waals surface area contributed by atoms with E-state index in [9.17, 15) is 0 Å². The molecule has 0 amide bonds. The van der Waals surface area contributed by atoms with Gasteiger partial charge in [0.15, 0.2) is 5.82 Å². The van der Waals surface area contributed by atoms with Gasteiger partial charge in [0.2, 0.25) is 0 Å². The number of nitrogens with zero attached hydrogens (tertiary/aromatic N) is 4. The van der Waals surface area contributed by atoms with Gasteiger partial charge in [-0.3, -0.25) is 0 Å². The Balaban J connectivity index is 1.84. The summed E-state index contributed by atoms with van der Waals surface area (Å²) >= 11 is 0. The van der Waals surface area contributed by atoms with Crippen molar-refractivity contribution in [2.24, 2.45) is 5.92 Å². The van der Waals surface area contributed by atoms with Crippen molar-refractivity contribution in [3.05, 3.63) is 35.7 Å². The summed E-state index contributed by atoms with van der Waals surface area (Å²) in [6.07, 6.45) is 3.38. The third kappa shape index (κ3) is 2.66. The first-order chi connectivity index (χ1) is 9.34. The van der Waals surface area contributed by atoms with Gasteiger partial charge in [-0.2, -0.15) is 4.68 Å². The molecule has 3 rings (SSSR count). The molecule has 0 aliphatic carbocycles.